The number of carbonyl (C=O) groups excluding carboxylic acids is 2. The molecule has 7 nitrogen and oxygen atoms in total. The van der Waals surface area contributed by atoms with E-state index in [2.05, 4.69) is 5.32 Å². The van der Waals surface area contributed by atoms with Crippen molar-refractivity contribution >= 4 is 12.0 Å². The van der Waals surface area contributed by atoms with Crippen LogP contribution in [0.3, 0.4) is 0 Å². The molecule has 0 spiro atoms. The van der Waals surface area contributed by atoms with Crippen LogP contribution in [0.25, 0.3) is 0 Å². The minimum Gasteiger partial charge on any atom is -0.490 e. The van der Waals surface area contributed by atoms with Crippen molar-refractivity contribution in [1.29, 1.82) is 0 Å². The normalized spacial score (nSPS) is 15.9. The molecule has 1 heterocycles. The van der Waals surface area contributed by atoms with E-state index in [1.54, 1.807) is 4.90 Å². The van der Waals surface area contributed by atoms with Crippen molar-refractivity contribution in [2.45, 2.75) is 72.4 Å². The quantitative estimate of drug-likeness (QED) is 0.642. The third-order valence-corrected chi connectivity index (χ3v) is 5.19. The van der Waals surface area contributed by atoms with Gasteiger partial charge in [0.25, 0.3) is 0 Å². The van der Waals surface area contributed by atoms with Gasteiger partial charge in [-0.2, -0.15) is 0 Å². The minimum absolute atomic E-state index is 0.0232. The molecule has 7 heteroatoms. The van der Waals surface area contributed by atoms with Crippen molar-refractivity contribution in [2.24, 2.45) is 5.92 Å². The van der Waals surface area contributed by atoms with Gasteiger partial charge in [0.2, 0.25) is 5.91 Å². The average Bonchev–Trinajstić information content (AvgIpc) is 2.68. The highest BCUT2D eigenvalue weighted by atomic mass is 16.6. The number of hydrogen-bond donors (Lipinski definition) is 1. The molecule has 1 aliphatic heterocycles. The highest BCUT2D eigenvalue weighted by Crippen LogP contribution is 2.31. The minimum atomic E-state index is -0.493. The van der Waals surface area contributed by atoms with Crippen LogP contribution in [0.15, 0.2) is 18.2 Å². The Balaban J connectivity index is 1.85. The Morgan fingerprint density at radius 1 is 1.10 bits per heavy atom. The van der Waals surface area contributed by atoms with E-state index in [0.717, 1.165) is 18.4 Å². The van der Waals surface area contributed by atoms with Crippen LogP contribution in [0.5, 0.6) is 11.5 Å². The largest absolute Gasteiger partial charge is 0.490 e. The Bertz CT molecular complexity index is 736. The Morgan fingerprint density at radius 2 is 1.71 bits per heavy atom. The van der Waals surface area contributed by atoms with Crippen LogP contribution in [0.4, 0.5) is 4.79 Å². The third kappa shape index (κ3) is 7.96. The molecular formula is C24H38N2O5. The summed E-state index contributed by atoms with van der Waals surface area (Å²) in [6.07, 6.45) is 1.79. The zero-order valence-electron chi connectivity index (χ0n) is 19.8. The zero-order valence-corrected chi connectivity index (χ0v) is 19.8. The lowest BCUT2D eigenvalue weighted by molar-refractivity contribution is -0.123. The van der Waals surface area contributed by atoms with Crippen LogP contribution < -0.4 is 14.8 Å². The second kappa shape index (κ2) is 11.3. The fourth-order valence-corrected chi connectivity index (χ4v) is 3.63. The SMILES string of the molecule is CCOc1ccc(C(C)NC(=O)CC2CCN(C(=O)OC(C)(C)C)CC2)cc1OCC. The first-order valence-corrected chi connectivity index (χ1v) is 11.3. The number of rotatable bonds is 8. The standard InChI is InChI=1S/C24H38N2O5/c1-7-29-20-10-9-19(16-21(20)30-8-2)17(3)25-22(27)15-18-11-13-26(14-12-18)23(28)31-24(4,5)6/h9-10,16-18H,7-8,11-15H2,1-6H3,(H,25,27). The lowest BCUT2D eigenvalue weighted by Gasteiger charge is -2.33. The molecule has 1 unspecified atom stereocenters. The first kappa shape index (κ1) is 24.8. The molecule has 1 aliphatic rings. The van der Waals surface area contributed by atoms with Gasteiger partial charge in [0, 0.05) is 19.5 Å². The Morgan fingerprint density at radius 3 is 2.29 bits per heavy atom. The topological polar surface area (TPSA) is 77.1 Å². The first-order valence-electron chi connectivity index (χ1n) is 11.3. The third-order valence-electron chi connectivity index (χ3n) is 5.19. The molecule has 0 radical (unpaired) electrons. The molecule has 174 valence electrons. The lowest BCUT2D eigenvalue weighted by atomic mass is 9.93. The zero-order chi connectivity index (χ0) is 23.0. The number of carbonyl (C=O) groups is 2. The fraction of sp³-hybridized carbons (Fsp3) is 0.667. The highest BCUT2D eigenvalue weighted by Gasteiger charge is 2.28. The summed E-state index contributed by atoms with van der Waals surface area (Å²) in [5.74, 6) is 1.70. The number of benzene rings is 1. The number of nitrogens with zero attached hydrogens (tertiary/aromatic N) is 1. The van der Waals surface area contributed by atoms with Crippen molar-refractivity contribution in [2.75, 3.05) is 26.3 Å². The Kier molecular flexibility index (Phi) is 9.01. The Labute approximate surface area is 186 Å². The summed E-state index contributed by atoms with van der Waals surface area (Å²) < 4.78 is 16.7. The van der Waals surface area contributed by atoms with E-state index in [4.69, 9.17) is 14.2 Å². The van der Waals surface area contributed by atoms with Crippen molar-refractivity contribution < 1.29 is 23.8 Å². The van der Waals surface area contributed by atoms with Gasteiger partial charge in [0.05, 0.1) is 19.3 Å². The van der Waals surface area contributed by atoms with E-state index < -0.39 is 5.60 Å². The monoisotopic (exact) mass is 434 g/mol. The number of nitrogens with one attached hydrogen (secondary N) is 1. The van der Waals surface area contributed by atoms with Gasteiger partial charge in [0.1, 0.15) is 5.60 Å². The molecule has 1 saturated heterocycles. The summed E-state index contributed by atoms with van der Waals surface area (Å²) in [5, 5.41) is 3.09. The molecule has 2 rings (SSSR count). The molecular weight excluding hydrogens is 396 g/mol. The molecule has 1 N–H and O–H groups in total. The van der Waals surface area contributed by atoms with Crippen LogP contribution in [0.1, 0.15) is 72.4 Å². The predicted octanol–water partition coefficient (Wildman–Crippen LogP) is 4.70. The highest BCUT2D eigenvalue weighted by molar-refractivity contribution is 5.76. The Hall–Kier alpha value is -2.44. The molecule has 0 bridgehead atoms. The van der Waals surface area contributed by atoms with Crippen molar-refractivity contribution in [3.8, 4) is 11.5 Å². The second-order valence-corrected chi connectivity index (χ2v) is 8.98. The predicted molar refractivity (Wildman–Crippen MR) is 120 cm³/mol. The maximum Gasteiger partial charge on any atom is 0.410 e. The number of ether oxygens (including phenoxy) is 3. The summed E-state index contributed by atoms with van der Waals surface area (Å²) in [6.45, 7) is 13.8. The van der Waals surface area contributed by atoms with Gasteiger partial charge in [-0.3, -0.25) is 4.79 Å². The molecule has 1 aromatic rings. The van der Waals surface area contributed by atoms with Gasteiger partial charge < -0.3 is 24.4 Å². The number of hydrogen-bond acceptors (Lipinski definition) is 5. The summed E-state index contributed by atoms with van der Waals surface area (Å²) in [4.78, 5) is 26.5. The van der Waals surface area contributed by atoms with E-state index in [-0.39, 0.29) is 24.0 Å². The molecule has 0 aliphatic carbocycles. The van der Waals surface area contributed by atoms with Crippen LogP contribution in [0.2, 0.25) is 0 Å². The molecule has 2 amide bonds. The molecule has 31 heavy (non-hydrogen) atoms. The van der Waals surface area contributed by atoms with Crippen molar-refractivity contribution in [3.63, 3.8) is 0 Å². The lowest BCUT2D eigenvalue weighted by Crippen LogP contribution is -2.42. The van der Waals surface area contributed by atoms with Crippen LogP contribution >= 0.6 is 0 Å². The van der Waals surface area contributed by atoms with Gasteiger partial charge in [-0.25, -0.2) is 4.79 Å². The van der Waals surface area contributed by atoms with Crippen LogP contribution in [-0.4, -0.2) is 48.8 Å². The van der Waals surface area contributed by atoms with Crippen molar-refractivity contribution in [1.82, 2.24) is 10.2 Å². The summed E-state index contributed by atoms with van der Waals surface area (Å²) in [5.41, 5.74) is 0.479. The van der Waals surface area contributed by atoms with E-state index >= 15 is 0 Å². The van der Waals surface area contributed by atoms with E-state index in [9.17, 15) is 9.59 Å². The molecule has 1 fully saturated rings. The average molecular weight is 435 g/mol. The molecule has 0 aromatic heterocycles. The second-order valence-electron chi connectivity index (χ2n) is 8.98. The molecule has 1 aromatic carbocycles. The summed E-state index contributed by atoms with van der Waals surface area (Å²) >= 11 is 0. The number of amides is 2. The van der Waals surface area contributed by atoms with Crippen LogP contribution in [-0.2, 0) is 9.53 Å². The van der Waals surface area contributed by atoms with Gasteiger partial charge in [0.15, 0.2) is 11.5 Å². The van der Waals surface area contributed by atoms with Gasteiger partial charge in [-0.1, -0.05) is 6.07 Å². The van der Waals surface area contributed by atoms with E-state index in [1.165, 1.54) is 0 Å². The first-order chi connectivity index (χ1) is 14.6. The van der Waals surface area contributed by atoms with Crippen molar-refractivity contribution in [3.05, 3.63) is 23.8 Å². The molecule has 1 atom stereocenters. The maximum absolute atomic E-state index is 12.6. The summed E-state index contributed by atoms with van der Waals surface area (Å²) in [7, 11) is 0. The van der Waals surface area contributed by atoms with Gasteiger partial charge in [-0.15, -0.1) is 0 Å². The fourth-order valence-electron chi connectivity index (χ4n) is 3.63. The molecule has 0 saturated carbocycles. The van der Waals surface area contributed by atoms with Crippen LogP contribution in [0, 0.1) is 5.92 Å². The summed E-state index contributed by atoms with van der Waals surface area (Å²) in [6, 6.07) is 5.64. The van der Waals surface area contributed by atoms with E-state index in [0.29, 0.717) is 44.2 Å². The van der Waals surface area contributed by atoms with Gasteiger partial charge >= 0.3 is 6.09 Å². The number of likely N-dealkylation sites (tertiary alicyclic amines) is 1. The number of piperidine rings is 1. The van der Waals surface area contributed by atoms with Gasteiger partial charge in [-0.05, 0) is 78.0 Å². The smallest absolute Gasteiger partial charge is 0.410 e. The maximum atomic E-state index is 12.6. The van der Waals surface area contributed by atoms with E-state index in [1.807, 2.05) is 59.7 Å².